The fraction of sp³-hybridized carbons (Fsp3) is 1.00. The van der Waals surface area contributed by atoms with Crippen LogP contribution in [0.25, 0.3) is 0 Å². The van der Waals surface area contributed by atoms with Gasteiger partial charge in [0.05, 0.1) is 0 Å². The summed E-state index contributed by atoms with van der Waals surface area (Å²) in [5.74, 6) is 3.10. The first-order chi connectivity index (χ1) is 6.77. The van der Waals surface area contributed by atoms with E-state index in [4.69, 9.17) is 0 Å². The van der Waals surface area contributed by atoms with Crippen LogP contribution in [-0.4, -0.2) is 0 Å². The van der Waals surface area contributed by atoms with Gasteiger partial charge in [-0.15, -0.1) is 0 Å². The number of hydrogen-bond donors (Lipinski definition) is 0. The number of hydrogen-bond acceptors (Lipinski definition) is 0. The van der Waals surface area contributed by atoms with Crippen molar-refractivity contribution in [2.24, 2.45) is 17.8 Å². The average molecular weight is 198 g/mol. The van der Waals surface area contributed by atoms with Gasteiger partial charge in [0.15, 0.2) is 0 Å². The lowest BCUT2D eigenvalue weighted by Crippen LogP contribution is -2.19. The summed E-state index contributed by atoms with van der Waals surface area (Å²) in [6.45, 7) is 11.1. The van der Waals surface area contributed by atoms with Gasteiger partial charge in [0, 0.05) is 0 Å². The Hall–Kier alpha value is 0. The molecule has 1 fully saturated rings. The summed E-state index contributed by atoms with van der Waals surface area (Å²) in [4.78, 5) is 0. The Balaban J connectivity index is 0.000000791. The summed E-state index contributed by atoms with van der Waals surface area (Å²) in [6.07, 6.45) is 8.79. The van der Waals surface area contributed by atoms with E-state index in [1.54, 1.807) is 0 Å². The molecule has 0 heterocycles. The minimum absolute atomic E-state index is 1.01. The van der Waals surface area contributed by atoms with Crippen molar-refractivity contribution >= 4 is 0 Å². The van der Waals surface area contributed by atoms with Crippen molar-refractivity contribution < 1.29 is 0 Å². The molecule has 1 saturated carbocycles. The largest absolute Gasteiger partial charge is 0.0683 e. The second-order valence-corrected chi connectivity index (χ2v) is 4.60. The summed E-state index contributed by atoms with van der Waals surface area (Å²) in [5, 5.41) is 0. The monoisotopic (exact) mass is 198 g/mol. The third kappa shape index (κ3) is 4.48. The molecule has 0 atom stereocenters. The topological polar surface area (TPSA) is 0 Å². The lowest BCUT2D eigenvalue weighted by molar-refractivity contribution is 0.203. The molecular weight excluding hydrogens is 168 g/mol. The van der Waals surface area contributed by atoms with Crippen LogP contribution < -0.4 is 0 Å². The molecule has 1 aliphatic rings. The fourth-order valence-electron chi connectivity index (χ4n) is 2.71. The van der Waals surface area contributed by atoms with Crippen LogP contribution >= 0.6 is 0 Å². The van der Waals surface area contributed by atoms with E-state index < -0.39 is 0 Å². The molecule has 0 heteroatoms. The normalized spacial score (nSPS) is 27.0. The van der Waals surface area contributed by atoms with Gasteiger partial charge in [-0.25, -0.2) is 0 Å². The Morgan fingerprint density at radius 1 is 0.929 bits per heavy atom. The highest BCUT2D eigenvalue weighted by atomic mass is 14.3. The summed E-state index contributed by atoms with van der Waals surface area (Å²) in [6, 6.07) is 0. The van der Waals surface area contributed by atoms with Crippen LogP contribution in [0.4, 0.5) is 0 Å². The Bertz CT molecular complexity index is 105. The summed E-state index contributed by atoms with van der Waals surface area (Å²) in [5.41, 5.74) is 0. The van der Waals surface area contributed by atoms with Gasteiger partial charge in [-0.05, 0) is 30.6 Å². The van der Waals surface area contributed by atoms with Gasteiger partial charge in [0.2, 0.25) is 0 Å². The molecule has 0 radical (unpaired) electrons. The van der Waals surface area contributed by atoms with Crippen LogP contribution in [0.3, 0.4) is 0 Å². The zero-order chi connectivity index (χ0) is 11.0. The molecular formula is C14H30. The van der Waals surface area contributed by atoms with E-state index in [2.05, 4.69) is 20.8 Å². The third-order valence-electron chi connectivity index (χ3n) is 3.78. The van der Waals surface area contributed by atoms with E-state index in [1.165, 1.54) is 38.5 Å². The maximum absolute atomic E-state index is 2.41. The Labute approximate surface area is 91.5 Å². The molecule has 0 unspecified atom stereocenters. The van der Waals surface area contributed by atoms with Crippen LogP contribution in [-0.2, 0) is 0 Å². The molecule has 0 amide bonds. The van der Waals surface area contributed by atoms with Gasteiger partial charge in [-0.1, -0.05) is 60.3 Å². The Morgan fingerprint density at radius 2 is 1.36 bits per heavy atom. The zero-order valence-corrected chi connectivity index (χ0v) is 11.0. The van der Waals surface area contributed by atoms with Crippen LogP contribution in [0, 0.1) is 17.8 Å². The molecule has 1 rings (SSSR count). The predicted molar refractivity (Wildman–Crippen MR) is 66.5 cm³/mol. The van der Waals surface area contributed by atoms with Crippen LogP contribution in [0.5, 0.6) is 0 Å². The van der Waals surface area contributed by atoms with Crippen molar-refractivity contribution in [1.29, 1.82) is 0 Å². The molecule has 0 aromatic rings. The third-order valence-corrected chi connectivity index (χ3v) is 3.78. The van der Waals surface area contributed by atoms with E-state index in [0.717, 1.165) is 17.8 Å². The Morgan fingerprint density at radius 3 is 1.71 bits per heavy atom. The highest BCUT2D eigenvalue weighted by Crippen LogP contribution is 2.35. The second kappa shape index (κ2) is 8.32. The minimum atomic E-state index is 1.01. The highest BCUT2D eigenvalue weighted by molar-refractivity contribution is 4.74. The predicted octanol–water partition coefficient (Wildman–Crippen LogP) is 5.28. The Kier molecular flexibility index (Phi) is 8.32. The highest BCUT2D eigenvalue weighted by Gasteiger charge is 2.23. The van der Waals surface area contributed by atoms with Crippen molar-refractivity contribution in [3.05, 3.63) is 0 Å². The molecule has 86 valence electrons. The SMILES string of the molecule is CC.CCC(CC)C1CCC(C)CC1. The molecule has 0 bridgehead atoms. The molecule has 0 spiro atoms. The van der Waals surface area contributed by atoms with Crippen molar-refractivity contribution in [3.63, 3.8) is 0 Å². The van der Waals surface area contributed by atoms with E-state index in [9.17, 15) is 0 Å². The fourth-order valence-corrected chi connectivity index (χ4v) is 2.71. The maximum atomic E-state index is 2.41. The van der Waals surface area contributed by atoms with Gasteiger partial charge in [-0.2, -0.15) is 0 Å². The zero-order valence-electron chi connectivity index (χ0n) is 11.0. The quantitative estimate of drug-likeness (QED) is 0.579. The van der Waals surface area contributed by atoms with Gasteiger partial charge in [-0.3, -0.25) is 0 Å². The first kappa shape index (κ1) is 14.0. The first-order valence-corrected chi connectivity index (χ1v) is 6.77. The van der Waals surface area contributed by atoms with Crippen LogP contribution in [0.2, 0.25) is 0 Å². The molecule has 0 aromatic heterocycles. The summed E-state index contributed by atoms with van der Waals surface area (Å²) in [7, 11) is 0. The van der Waals surface area contributed by atoms with Gasteiger partial charge < -0.3 is 0 Å². The van der Waals surface area contributed by atoms with Gasteiger partial charge in [0.25, 0.3) is 0 Å². The van der Waals surface area contributed by atoms with Crippen molar-refractivity contribution in [3.8, 4) is 0 Å². The summed E-state index contributed by atoms with van der Waals surface area (Å²) < 4.78 is 0. The van der Waals surface area contributed by atoms with Crippen molar-refractivity contribution in [2.45, 2.75) is 73.1 Å². The van der Waals surface area contributed by atoms with Crippen LogP contribution in [0.15, 0.2) is 0 Å². The van der Waals surface area contributed by atoms with Gasteiger partial charge >= 0.3 is 0 Å². The van der Waals surface area contributed by atoms with E-state index >= 15 is 0 Å². The number of rotatable bonds is 3. The first-order valence-electron chi connectivity index (χ1n) is 6.77. The molecule has 0 aliphatic heterocycles. The molecule has 14 heavy (non-hydrogen) atoms. The molecule has 1 aliphatic carbocycles. The minimum Gasteiger partial charge on any atom is -0.0683 e. The standard InChI is InChI=1S/C12H24.C2H6/c1-4-11(5-2)12-8-6-10(3)7-9-12;1-2/h10-12H,4-9H2,1-3H3;1-2H3. The second-order valence-electron chi connectivity index (χ2n) is 4.60. The van der Waals surface area contributed by atoms with Crippen molar-refractivity contribution in [2.75, 3.05) is 0 Å². The lowest BCUT2D eigenvalue weighted by Gasteiger charge is -2.31. The average Bonchev–Trinajstić information content (AvgIpc) is 2.25. The smallest absolute Gasteiger partial charge is 0.0386 e. The maximum Gasteiger partial charge on any atom is -0.0386 e. The summed E-state index contributed by atoms with van der Waals surface area (Å²) >= 11 is 0. The van der Waals surface area contributed by atoms with Gasteiger partial charge in [0.1, 0.15) is 0 Å². The van der Waals surface area contributed by atoms with Crippen LogP contribution in [0.1, 0.15) is 73.1 Å². The van der Waals surface area contributed by atoms with E-state index in [1.807, 2.05) is 13.8 Å². The van der Waals surface area contributed by atoms with Crippen molar-refractivity contribution in [1.82, 2.24) is 0 Å². The molecule has 0 N–H and O–H groups in total. The molecule has 0 nitrogen and oxygen atoms in total. The molecule has 0 saturated heterocycles. The molecule has 0 aromatic carbocycles. The van der Waals surface area contributed by atoms with E-state index in [0.29, 0.717) is 0 Å². The van der Waals surface area contributed by atoms with E-state index in [-0.39, 0.29) is 0 Å². The lowest BCUT2D eigenvalue weighted by atomic mass is 9.74.